The van der Waals surface area contributed by atoms with Gasteiger partial charge in [0.1, 0.15) is 5.82 Å². The van der Waals surface area contributed by atoms with Crippen molar-refractivity contribution in [3.05, 3.63) is 44.7 Å². The summed E-state index contributed by atoms with van der Waals surface area (Å²) in [5.41, 5.74) is 1.19. The molecule has 0 amide bonds. The number of thiophene rings is 1. The Kier molecular flexibility index (Phi) is 3.63. The van der Waals surface area contributed by atoms with Gasteiger partial charge in [0, 0.05) is 4.88 Å². The number of hydrogen-bond donors (Lipinski definition) is 2. The van der Waals surface area contributed by atoms with Gasteiger partial charge in [0.25, 0.3) is 0 Å². The van der Waals surface area contributed by atoms with Crippen LogP contribution in [0.1, 0.15) is 39.8 Å². The molecule has 0 aromatic carbocycles. The summed E-state index contributed by atoms with van der Waals surface area (Å²) in [5, 5.41) is 14.6. The minimum atomic E-state index is -1.11. The highest BCUT2D eigenvalue weighted by Crippen LogP contribution is 2.35. The van der Waals surface area contributed by atoms with Crippen LogP contribution in [0, 0.1) is 0 Å². The average molecular weight is 309 g/mol. The summed E-state index contributed by atoms with van der Waals surface area (Å²) in [4.78, 5) is 16.5. The van der Waals surface area contributed by atoms with E-state index in [0.29, 0.717) is 5.82 Å². The van der Waals surface area contributed by atoms with Crippen molar-refractivity contribution < 1.29 is 9.90 Å². The number of rotatable bonds is 3. The molecule has 1 aliphatic carbocycles. The van der Waals surface area contributed by atoms with E-state index in [2.05, 4.69) is 21.7 Å². The summed E-state index contributed by atoms with van der Waals surface area (Å²) < 4.78 is 0. The van der Waals surface area contributed by atoms with Gasteiger partial charge >= 0.3 is 5.97 Å². The maximum Gasteiger partial charge on any atom is 0.356 e. The molecule has 4 nitrogen and oxygen atoms in total. The number of anilines is 1. The average Bonchev–Trinajstić information content (AvgIpc) is 2.90. The maximum absolute atomic E-state index is 11.1. The predicted octanol–water partition coefficient (Wildman–Crippen LogP) is 3.98. The first kappa shape index (κ1) is 13.4. The summed E-state index contributed by atoms with van der Waals surface area (Å²) >= 11 is 7.60. The standard InChI is InChI=1S/C14H13ClN2O2S/c15-9-4-5-12(17-13(9)14(18)19)16-10-2-1-3-11-8(10)6-7-20-11/h4-7,10H,1-3H2,(H,16,17)(H,18,19). The lowest BCUT2D eigenvalue weighted by Crippen LogP contribution is -2.17. The van der Waals surface area contributed by atoms with Crippen LogP contribution in [0.15, 0.2) is 23.6 Å². The second kappa shape index (κ2) is 5.42. The number of carbonyl (C=O) groups is 1. The van der Waals surface area contributed by atoms with Crippen molar-refractivity contribution in [1.29, 1.82) is 0 Å². The smallest absolute Gasteiger partial charge is 0.356 e. The van der Waals surface area contributed by atoms with E-state index in [0.717, 1.165) is 19.3 Å². The Morgan fingerprint density at radius 3 is 3.10 bits per heavy atom. The third-order valence-corrected chi connectivity index (χ3v) is 4.72. The van der Waals surface area contributed by atoms with Crippen molar-refractivity contribution in [3.63, 3.8) is 0 Å². The number of nitrogens with one attached hydrogen (secondary N) is 1. The van der Waals surface area contributed by atoms with Gasteiger partial charge in [-0.05, 0) is 48.4 Å². The van der Waals surface area contributed by atoms with Crippen LogP contribution in [0.25, 0.3) is 0 Å². The van der Waals surface area contributed by atoms with Gasteiger partial charge in [-0.2, -0.15) is 0 Å². The van der Waals surface area contributed by atoms with E-state index in [-0.39, 0.29) is 16.8 Å². The molecule has 0 radical (unpaired) electrons. The molecule has 104 valence electrons. The third kappa shape index (κ3) is 2.51. The van der Waals surface area contributed by atoms with Gasteiger partial charge in [-0.1, -0.05) is 11.6 Å². The molecule has 3 rings (SSSR count). The van der Waals surface area contributed by atoms with E-state index < -0.39 is 5.97 Å². The number of carboxylic acid groups (broad SMARTS) is 1. The zero-order chi connectivity index (χ0) is 14.1. The molecule has 0 aliphatic heterocycles. The quantitative estimate of drug-likeness (QED) is 0.900. The summed E-state index contributed by atoms with van der Waals surface area (Å²) in [6.45, 7) is 0. The van der Waals surface area contributed by atoms with E-state index in [1.165, 1.54) is 10.4 Å². The highest BCUT2D eigenvalue weighted by Gasteiger charge is 2.22. The molecule has 2 aromatic heterocycles. The maximum atomic E-state index is 11.1. The molecule has 2 N–H and O–H groups in total. The van der Waals surface area contributed by atoms with Crippen LogP contribution >= 0.6 is 22.9 Å². The Balaban J connectivity index is 1.86. The first-order chi connectivity index (χ1) is 9.65. The molecule has 2 heterocycles. The molecule has 6 heteroatoms. The molecule has 0 spiro atoms. The van der Waals surface area contributed by atoms with Crippen LogP contribution < -0.4 is 5.32 Å². The first-order valence-corrected chi connectivity index (χ1v) is 7.63. The van der Waals surface area contributed by atoms with Crippen molar-refractivity contribution in [2.75, 3.05) is 5.32 Å². The number of fused-ring (bicyclic) bond motifs is 1. The molecule has 0 bridgehead atoms. The van der Waals surface area contributed by atoms with Gasteiger partial charge < -0.3 is 10.4 Å². The molecular formula is C14H13ClN2O2S. The van der Waals surface area contributed by atoms with Crippen LogP contribution in [-0.2, 0) is 6.42 Å². The highest BCUT2D eigenvalue weighted by molar-refractivity contribution is 7.10. The second-order valence-corrected chi connectivity index (χ2v) is 6.13. The summed E-state index contributed by atoms with van der Waals surface area (Å²) in [7, 11) is 0. The number of aromatic nitrogens is 1. The molecule has 0 saturated heterocycles. The number of hydrogen-bond acceptors (Lipinski definition) is 4. The summed E-state index contributed by atoms with van der Waals surface area (Å²) in [6.07, 6.45) is 3.28. The normalized spacial score (nSPS) is 17.6. The number of aromatic carboxylic acids is 1. The Morgan fingerprint density at radius 1 is 1.45 bits per heavy atom. The van der Waals surface area contributed by atoms with Crippen LogP contribution in [0.4, 0.5) is 5.82 Å². The second-order valence-electron chi connectivity index (χ2n) is 4.72. The number of pyridine rings is 1. The molecular weight excluding hydrogens is 296 g/mol. The predicted molar refractivity (Wildman–Crippen MR) is 79.8 cm³/mol. The Hall–Kier alpha value is -1.59. The minimum Gasteiger partial charge on any atom is -0.476 e. The Bertz CT molecular complexity index is 656. The summed E-state index contributed by atoms with van der Waals surface area (Å²) in [6, 6.07) is 5.61. The van der Waals surface area contributed by atoms with Gasteiger partial charge in [-0.15, -0.1) is 11.3 Å². The molecule has 2 aromatic rings. The fourth-order valence-electron chi connectivity index (χ4n) is 2.49. The van der Waals surface area contributed by atoms with E-state index in [9.17, 15) is 4.79 Å². The van der Waals surface area contributed by atoms with E-state index in [1.807, 2.05) is 0 Å². The number of aryl methyl sites for hydroxylation is 1. The SMILES string of the molecule is O=C(O)c1nc(NC2CCCc3sccc32)ccc1Cl. The topological polar surface area (TPSA) is 62.2 Å². The fourth-order valence-corrected chi connectivity index (χ4v) is 3.66. The molecule has 1 unspecified atom stereocenters. The zero-order valence-electron chi connectivity index (χ0n) is 10.6. The third-order valence-electron chi connectivity index (χ3n) is 3.42. The van der Waals surface area contributed by atoms with Gasteiger partial charge in [0.05, 0.1) is 11.1 Å². The minimum absolute atomic E-state index is 0.113. The monoisotopic (exact) mass is 308 g/mol. The van der Waals surface area contributed by atoms with Crippen molar-refractivity contribution in [2.45, 2.75) is 25.3 Å². The van der Waals surface area contributed by atoms with Gasteiger partial charge in [0.2, 0.25) is 0 Å². The first-order valence-electron chi connectivity index (χ1n) is 6.38. The summed E-state index contributed by atoms with van der Waals surface area (Å²) in [5.74, 6) is -0.561. The van der Waals surface area contributed by atoms with Crippen LogP contribution in [-0.4, -0.2) is 16.1 Å². The zero-order valence-corrected chi connectivity index (χ0v) is 12.2. The number of halogens is 1. The molecule has 1 aliphatic rings. The molecule has 0 fully saturated rings. The largest absolute Gasteiger partial charge is 0.476 e. The van der Waals surface area contributed by atoms with Crippen molar-refractivity contribution in [3.8, 4) is 0 Å². The lowest BCUT2D eigenvalue weighted by Gasteiger charge is -2.24. The van der Waals surface area contributed by atoms with Gasteiger partial charge in [-0.3, -0.25) is 0 Å². The van der Waals surface area contributed by atoms with Crippen molar-refractivity contribution >= 4 is 34.7 Å². The lowest BCUT2D eigenvalue weighted by atomic mass is 9.94. The Labute approximate surface area is 125 Å². The van der Waals surface area contributed by atoms with Crippen molar-refractivity contribution in [1.82, 2.24) is 4.98 Å². The Morgan fingerprint density at radius 2 is 2.30 bits per heavy atom. The number of nitrogens with zero attached hydrogens (tertiary/aromatic N) is 1. The van der Waals surface area contributed by atoms with Gasteiger partial charge in [-0.25, -0.2) is 9.78 Å². The molecule has 20 heavy (non-hydrogen) atoms. The van der Waals surface area contributed by atoms with Crippen molar-refractivity contribution in [2.24, 2.45) is 0 Å². The molecule has 1 atom stereocenters. The van der Waals surface area contributed by atoms with Crippen LogP contribution in [0.2, 0.25) is 5.02 Å². The fraction of sp³-hybridized carbons (Fsp3) is 0.286. The molecule has 0 saturated carbocycles. The van der Waals surface area contributed by atoms with E-state index in [4.69, 9.17) is 16.7 Å². The van der Waals surface area contributed by atoms with E-state index in [1.54, 1.807) is 23.5 Å². The van der Waals surface area contributed by atoms with Crippen LogP contribution in [0.5, 0.6) is 0 Å². The van der Waals surface area contributed by atoms with Crippen LogP contribution in [0.3, 0.4) is 0 Å². The number of carboxylic acids is 1. The van der Waals surface area contributed by atoms with Gasteiger partial charge in [0.15, 0.2) is 5.69 Å². The lowest BCUT2D eigenvalue weighted by molar-refractivity contribution is 0.0691. The highest BCUT2D eigenvalue weighted by atomic mass is 35.5. The van der Waals surface area contributed by atoms with E-state index >= 15 is 0 Å².